The van der Waals surface area contributed by atoms with Crippen molar-refractivity contribution in [2.45, 2.75) is 20.0 Å². The molecule has 5 nitrogen and oxygen atoms in total. The van der Waals surface area contributed by atoms with E-state index in [1.165, 1.54) is 0 Å². The zero-order chi connectivity index (χ0) is 17.1. The molecule has 0 aliphatic heterocycles. The lowest BCUT2D eigenvalue weighted by Gasteiger charge is -2.19. The van der Waals surface area contributed by atoms with Gasteiger partial charge in [0, 0.05) is 16.8 Å². The molecule has 0 spiro atoms. The number of hydrogen-bond acceptors (Lipinski definition) is 4. The van der Waals surface area contributed by atoms with Gasteiger partial charge in [0.05, 0.1) is 0 Å². The number of carbonyl (C=O) groups is 1. The molecule has 1 unspecified atom stereocenters. The van der Waals surface area contributed by atoms with Crippen LogP contribution in [0, 0.1) is 5.92 Å². The number of hydrogen-bond donors (Lipinski definition) is 1. The summed E-state index contributed by atoms with van der Waals surface area (Å²) in [5.74, 6) is -0.316. The molecule has 2 aromatic carbocycles. The van der Waals surface area contributed by atoms with Crippen LogP contribution in [-0.2, 0) is 4.79 Å². The number of amides is 1. The summed E-state index contributed by atoms with van der Waals surface area (Å²) in [5.41, 5.74) is 1.85. The minimum absolute atomic E-state index is 0.0502. The van der Waals surface area contributed by atoms with E-state index in [1.807, 2.05) is 44.2 Å². The van der Waals surface area contributed by atoms with Crippen LogP contribution < -0.4 is 10.1 Å². The van der Waals surface area contributed by atoms with Crippen LogP contribution in [0.5, 0.6) is 6.08 Å². The van der Waals surface area contributed by atoms with Crippen molar-refractivity contribution in [1.29, 1.82) is 0 Å². The van der Waals surface area contributed by atoms with E-state index >= 15 is 0 Å². The summed E-state index contributed by atoms with van der Waals surface area (Å²) in [5, 5.41) is 3.38. The van der Waals surface area contributed by atoms with Gasteiger partial charge in [-0.15, -0.1) is 0 Å². The lowest BCUT2D eigenvalue weighted by molar-refractivity contribution is -0.125. The van der Waals surface area contributed by atoms with Crippen molar-refractivity contribution >= 4 is 34.3 Å². The molecule has 0 fully saturated rings. The van der Waals surface area contributed by atoms with Crippen LogP contribution in [0.25, 0.3) is 11.1 Å². The topological polar surface area (TPSA) is 64.4 Å². The van der Waals surface area contributed by atoms with E-state index in [4.69, 9.17) is 20.8 Å². The number of rotatable bonds is 5. The van der Waals surface area contributed by atoms with Crippen molar-refractivity contribution in [3.63, 3.8) is 0 Å². The van der Waals surface area contributed by atoms with E-state index in [0.29, 0.717) is 21.8 Å². The van der Waals surface area contributed by atoms with Crippen LogP contribution in [0.15, 0.2) is 52.9 Å². The highest BCUT2D eigenvalue weighted by atomic mass is 35.5. The smallest absolute Gasteiger partial charge is 0.395 e. The molecule has 0 aliphatic carbocycles. The number of nitrogens with zero attached hydrogens (tertiary/aromatic N) is 1. The van der Waals surface area contributed by atoms with E-state index in [-0.39, 0.29) is 17.9 Å². The highest BCUT2D eigenvalue weighted by Crippen LogP contribution is 2.25. The third kappa shape index (κ3) is 3.68. The highest BCUT2D eigenvalue weighted by molar-refractivity contribution is 6.31. The molecule has 1 aromatic heterocycles. The molecule has 6 heteroatoms. The van der Waals surface area contributed by atoms with Gasteiger partial charge in [0.15, 0.2) is 11.7 Å². The largest absolute Gasteiger partial charge is 0.436 e. The second kappa shape index (κ2) is 6.93. The monoisotopic (exact) mass is 344 g/mol. The first-order valence-corrected chi connectivity index (χ1v) is 7.99. The number of anilines is 1. The number of nitrogens with one attached hydrogen (secondary N) is 1. The molecule has 1 heterocycles. The Bertz CT molecular complexity index is 846. The number of aromatic nitrogens is 1. The molecule has 1 amide bonds. The van der Waals surface area contributed by atoms with Crippen LogP contribution in [0.3, 0.4) is 0 Å². The van der Waals surface area contributed by atoms with Crippen molar-refractivity contribution in [2.24, 2.45) is 5.92 Å². The summed E-state index contributed by atoms with van der Waals surface area (Å²) in [7, 11) is 0. The van der Waals surface area contributed by atoms with Gasteiger partial charge >= 0.3 is 6.08 Å². The molecule has 3 aromatic rings. The van der Waals surface area contributed by atoms with Gasteiger partial charge in [0.2, 0.25) is 0 Å². The maximum atomic E-state index is 12.5. The summed E-state index contributed by atoms with van der Waals surface area (Å²) in [6.07, 6.45) is -0.678. The fourth-order valence-corrected chi connectivity index (χ4v) is 2.43. The van der Waals surface area contributed by atoms with Crippen molar-refractivity contribution in [3.8, 4) is 6.08 Å². The summed E-state index contributed by atoms with van der Waals surface area (Å²) in [6, 6.07) is 14.3. The summed E-state index contributed by atoms with van der Waals surface area (Å²) < 4.78 is 11.2. The third-order valence-electron chi connectivity index (χ3n) is 3.46. The number of para-hydroxylation sites is 1. The van der Waals surface area contributed by atoms with E-state index in [1.54, 1.807) is 18.2 Å². The number of fused-ring (bicyclic) bond motifs is 1. The molecule has 24 heavy (non-hydrogen) atoms. The van der Waals surface area contributed by atoms with Crippen LogP contribution in [0.4, 0.5) is 5.69 Å². The fourth-order valence-electron chi connectivity index (χ4n) is 2.26. The third-order valence-corrected chi connectivity index (χ3v) is 3.70. The van der Waals surface area contributed by atoms with Gasteiger partial charge in [-0.2, -0.15) is 4.98 Å². The first kappa shape index (κ1) is 16.3. The minimum atomic E-state index is -0.728. The van der Waals surface area contributed by atoms with Crippen LogP contribution >= 0.6 is 11.6 Å². The van der Waals surface area contributed by atoms with Crippen molar-refractivity contribution < 1.29 is 13.9 Å². The number of benzene rings is 2. The lowest BCUT2D eigenvalue weighted by Crippen LogP contribution is -2.37. The molecule has 124 valence electrons. The van der Waals surface area contributed by atoms with E-state index in [9.17, 15) is 4.79 Å². The van der Waals surface area contributed by atoms with Gasteiger partial charge in [-0.25, -0.2) is 0 Å². The van der Waals surface area contributed by atoms with Crippen molar-refractivity contribution in [1.82, 2.24) is 4.98 Å². The van der Waals surface area contributed by atoms with Gasteiger partial charge in [-0.1, -0.05) is 43.6 Å². The second-order valence-corrected chi connectivity index (χ2v) is 6.17. The highest BCUT2D eigenvalue weighted by Gasteiger charge is 2.26. The quantitative estimate of drug-likeness (QED) is 0.738. The summed E-state index contributed by atoms with van der Waals surface area (Å²) in [6.45, 7) is 3.80. The average molecular weight is 345 g/mol. The molecule has 1 N–H and O–H groups in total. The van der Waals surface area contributed by atoms with Crippen molar-refractivity contribution in [2.75, 3.05) is 5.32 Å². The zero-order valence-electron chi connectivity index (χ0n) is 13.3. The molecule has 0 bridgehead atoms. The van der Waals surface area contributed by atoms with Gasteiger partial charge in [0.25, 0.3) is 5.91 Å². The molecular weight excluding hydrogens is 328 g/mol. The molecule has 0 aliphatic rings. The number of oxazole rings is 1. The van der Waals surface area contributed by atoms with Crippen LogP contribution in [0.1, 0.15) is 13.8 Å². The zero-order valence-corrected chi connectivity index (χ0v) is 14.1. The predicted molar refractivity (Wildman–Crippen MR) is 93.3 cm³/mol. The summed E-state index contributed by atoms with van der Waals surface area (Å²) in [4.78, 5) is 16.7. The Labute approximate surface area is 144 Å². The normalized spacial score (nSPS) is 12.3. The Kier molecular flexibility index (Phi) is 4.71. The first-order valence-electron chi connectivity index (χ1n) is 7.61. The van der Waals surface area contributed by atoms with Crippen LogP contribution in [0.2, 0.25) is 5.02 Å². The molecule has 3 rings (SSSR count). The average Bonchev–Trinajstić information content (AvgIpc) is 2.94. The number of ether oxygens (including phenoxy) is 1. The SMILES string of the molecule is CC(C)C(Oc1nc2ccc(Cl)cc2o1)C(=O)Nc1ccccc1. The maximum Gasteiger partial charge on any atom is 0.395 e. The fraction of sp³-hybridized carbons (Fsp3) is 0.222. The van der Waals surface area contributed by atoms with Gasteiger partial charge in [0.1, 0.15) is 5.52 Å². The van der Waals surface area contributed by atoms with Gasteiger partial charge in [-0.3, -0.25) is 4.79 Å². The van der Waals surface area contributed by atoms with Crippen LogP contribution in [-0.4, -0.2) is 17.0 Å². The standard InChI is InChI=1S/C18H17ClN2O3/c1-11(2)16(17(22)20-13-6-4-3-5-7-13)24-18-21-14-9-8-12(19)10-15(14)23-18/h3-11,16H,1-2H3,(H,20,22). The molecule has 1 atom stereocenters. The van der Waals surface area contributed by atoms with E-state index in [0.717, 1.165) is 0 Å². The van der Waals surface area contributed by atoms with E-state index < -0.39 is 6.10 Å². The van der Waals surface area contributed by atoms with Crippen molar-refractivity contribution in [3.05, 3.63) is 53.6 Å². The number of carbonyl (C=O) groups excluding carboxylic acids is 1. The first-order chi connectivity index (χ1) is 11.5. The van der Waals surface area contributed by atoms with Gasteiger partial charge in [-0.05, 0) is 30.2 Å². The second-order valence-electron chi connectivity index (χ2n) is 5.73. The Morgan fingerprint density at radius 1 is 1.21 bits per heavy atom. The Morgan fingerprint density at radius 3 is 2.67 bits per heavy atom. The number of halogens is 1. The Morgan fingerprint density at radius 2 is 1.96 bits per heavy atom. The molecule has 0 saturated heterocycles. The van der Waals surface area contributed by atoms with E-state index in [2.05, 4.69) is 10.3 Å². The minimum Gasteiger partial charge on any atom is -0.436 e. The molecule has 0 saturated carbocycles. The maximum absolute atomic E-state index is 12.5. The predicted octanol–water partition coefficient (Wildman–Crippen LogP) is 4.52. The Balaban J connectivity index is 1.78. The van der Waals surface area contributed by atoms with Gasteiger partial charge < -0.3 is 14.5 Å². The molecular formula is C18H17ClN2O3. The molecule has 0 radical (unpaired) electrons. The lowest BCUT2D eigenvalue weighted by atomic mass is 10.1. The Hall–Kier alpha value is -2.53. The summed E-state index contributed by atoms with van der Waals surface area (Å²) >= 11 is 5.93.